The number of halogens is 1. The molecule has 1 aromatic carbocycles. The first-order valence-electron chi connectivity index (χ1n) is 9.98. The molecule has 1 aromatic rings. The number of rotatable bonds is 7. The lowest BCUT2D eigenvalue weighted by Gasteiger charge is -2.27. The largest absolute Gasteiger partial charge is 0.336 e. The molecule has 154 valence electrons. The number of nitrogens with one attached hydrogen (secondary N) is 2. The Morgan fingerprint density at radius 1 is 1.28 bits per heavy atom. The fourth-order valence-corrected chi connectivity index (χ4v) is 4.15. The molecule has 1 aliphatic carbocycles. The SMILES string of the molecule is CCCCC1(c2ccc(F)cc2)NC(=O)N(CC(=O)NC2(C#N)CCCC2)C1=O. The highest BCUT2D eigenvalue weighted by atomic mass is 19.1. The van der Waals surface area contributed by atoms with E-state index in [1.807, 2.05) is 6.92 Å². The summed E-state index contributed by atoms with van der Waals surface area (Å²) in [6.45, 7) is 1.51. The van der Waals surface area contributed by atoms with Crippen molar-refractivity contribution in [2.75, 3.05) is 6.54 Å². The maximum absolute atomic E-state index is 13.4. The summed E-state index contributed by atoms with van der Waals surface area (Å²) in [5.74, 6) is -1.51. The Morgan fingerprint density at radius 2 is 1.93 bits per heavy atom. The van der Waals surface area contributed by atoms with E-state index in [0.29, 0.717) is 31.2 Å². The van der Waals surface area contributed by atoms with Crippen molar-refractivity contribution < 1.29 is 18.8 Å². The summed E-state index contributed by atoms with van der Waals surface area (Å²) in [6, 6.07) is 6.95. The van der Waals surface area contributed by atoms with Crippen molar-refractivity contribution in [3.8, 4) is 6.07 Å². The molecule has 7 nitrogen and oxygen atoms in total. The fourth-order valence-electron chi connectivity index (χ4n) is 4.15. The average molecular weight is 400 g/mol. The van der Waals surface area contributed by atoms with Gasteiger partial charge in [0.1, 0.15) is 23.4 Å². The molecule has 4 amide bonds. The maximum Gasteiger partial charge on any atom is 0.325 e. The third-order valence-corrected chi connectivity index (χ3v) is 5.77. The predicted molar refractivity (Wildman–Crippen MR) is 103 cm³/mol. The Balaban J connectivity index is 1.81. The van der Waals surface area contributed by atoms with Crippen LogP contribution >= 0.6 is 0 Å². The lowest BCUT2D eigenvalue weighted by atomic mass is 9.85. The Morgan fingerprint density at radius 3 is 2.52 bits per heavy atom. The van der Waals surface area contributed by atoms with Gasteiger partial charge in [0.15, 0.2) is 0 Å². The van der Waals surface area contributed by atoms with Crippen LogP contribution in [0.25, 0.3) is 0 Å². The summed E-state index contributed by atoms with van der Waals surface area (Å²) in [5.41, 5.74) is -1.76. The van der Waals surface area contributed by atoms with Gasteiger partial charge in [0, 0.05) is 0 Å². The van der Waals surface area contributed by atoms with Crippen LogP contribution < -0.4 is 10.6 Å². The van der Waals surface area contributed by atoms with Crippen LogP contribution in [0.2, 0.25) is 0 Å². The Hall–Kier alpha value is -2.95. The second-order valence-corrected chi connectivity index (χ2v) is 7.79. The molecule has 1 saturated heterocycles. The molecular weight excluding hydrogens is 375 g/mol. The molecule has 0 radical (unpaired) electrons. The first-order chi connectivity index (χ1) is 13.9. The normalized spacial score (nSPS) is 23.0. The van der Waals surface area contributed by atoms with Gasteiger partial charge in [-0.1, -0.05) is 31.9 Å². The fraction of sp³-hybridized carbons (Fsp3) is 0.524. The number of unbranched alkanes of at least 4 members (excludes halogenated alkanes) is 1. The molecule has 29 heavy (non-hydrogen) atoms. The second-order valence-electron chi connectivity index (χ2n) is 7.79. The molecule has 1 heterocycles. The van der Waals surface area contributed by atoms with Crippen molar-refractivity contribution in [3.63, 3.8) is 0 Å². The van der Waals surface area contributed by atoms with Gasteiger partial charge in [0.05, 0.1) is 6.07 Å². The number of carbonyl (C=O) groups excluding carboxylic acids is 3. The van der Waals surface area contributed by atoms with Gasteiger partial charge in [0.2, 0.25) is 5.91 Å². The van der Waals surface area contributed by atoms with E-state index in [1.54, 1.807) is 0 Å². The topological polar surface area (TPSA) is 102 Å². The molecule has 1 atom stereocenters. The van der Waals surface area contributed by atoms with Crippen molar-refractivity contribution in [3.05, 3.63) is 35.6 Å². The number of nitrogens with zero attached hydrogens (tertiary/aromatic N) is 2. The average Bonchev–Trinajstić information content (AvgIpc) is 3.26. The molecule has 0 aromatic heterocycles. The number of urea groups is 1. The summed E-state index contributed by atoms with van der Waals surface area (Å²) in [4.78, 5) is 39.3. The van der Waals surface area contributed by atoms with E-state index in [0.717, 1.165) is 24.2 Å². The number of benzene rings is 1. The van der Waals surface area contributed by atoms with Crippen molar-refractivity contribution in [2.45, 2.75) is 62.9 Å². The van der Waals surface area contributed by atoms with E-state index in [9.17, 15) is 24.0 Å². The van der Waals surface area contributed by atoms with E-state index in [4.69, 9.17) is 0 Å². The number of hydrogen-bond donors (Lipinski definition) is 2. The van der Waals surface area contributed by atoms with Crippen LogP contribution in [0.5, 0.6) is 0 Å². The number of carbonyl (C=O) groups is 3. The minimum atomic E-state index is -1.32. The van der Waals surface area contributed by atoms with Crippen molar-refractivity contribution >= 4 is 17.8 Å². The third kappa shape index (κ3) is 3.95. The molecule has 2 aliphatic rings. The van der Waals surface area contributed by atoms with Crippen LogP contribution in [0.4, 0.5) is 9.18 Å². The van der Waals surface area contributed by atoms with E-state index >= 15 is 0 Å². The molecule has 2 fully saturated rings. The smallest absolute Gasteiger partial charge is 0.325 e. The van der Waals surface area contributed by atoms with Gasteiger partial charge < -0.3 is 10.6 Å². The minimum Gasteiger partial charge on any atom is -0.336 e. The molecule has 0 bridgehead atoms. The van der Waals surface area contributed by atoms with Gasteiger partial charge in [-0.25, -0.2) is 9.18 Å². The second kappa shape index (κ2) is 8.19. The zero-order valence-corrected chi connectivity index (χ0v) is 16.5. The van der Waals surface area contributed by atoms with Crippen LogP contribution in [0, 0.1) is 17.1 Å². The summed E-state index contributed by atoms with van der Waals surface area (Å²) in [7, 11) is 0. The molecule has 2 N–H and O–H groups in total. The van der Waals surface area contributed by atoms with Crippen LogP contribution in [0.15, 0.2) is 24.3 Å². The molecule has 3 rings (SSSR count). The van der Waals surface area contributed by atoms with Gasteiger partial charge in [-0.2, -0.15) is 5.26 Å². The zero-order valence-electron chi connectivity index (χ0n) is 16.5. The van der Waals surface area contributed by atoms with E-state index in [2.05, 4.69) is 16.7 Å². The van der Waals surface area contributed by atoms with Gasteiger partial charge in [-0.3, -0.25) is 14.5 Å². The highest BCUT2D eigenvalue weighted by Gasteiger charge is 2.52. The summed E-state index contributed by atoms with van der Waals surface area (Å²) in [6.07, 6.45) is 4.64. The molecule has 1 unspecified atom stereocenters. The lowest BCUT2D eigenvalue weighted by molar-refractivity contribution is -0.135. The Kier molecular flexibility index (Phi) is 5.87. The van der Waals surface area contributed by atoms with Crippen LogP contribution in [-0.4, -0.2) is 34.8 Å². The van der Waals surface area contributed by atoms with Crippen LogP contribution in [-0.2, 0) is 15.1 Å². The van der Waals surface area contributed by atoms with E-state index in [-0.39, 0.29) is 0 Å². The summed E-state index contributed by atoms with van der Waals surface area (Å²) < 4.78 is 13.4. The standard InChI is InChI=1S/C21H25FN4O3/c1-2-3-12-21(15-6-8-16(22)9-7-15)18(28)26(19(29)25-21)13-17(27)24-20(14-23)10-4-5-11-20/h6-9H,2-5,10-13H2,1H3,(H,24,27)(H,25,29). The van der Waals surface area contributed by atoms with E-state index in [1.165, 1.54) is 24.3 Å². The zero-order chi connectivity index (χ0) is 21.1. The molecule has 1 saturated carbocycles. The maximum atomic E-state index is 13.4. The molecular formula is C21H25FN4O3. The van der Waals surface area contributed by atoms with Crippen molar-refractivity contribution in [1.29, 1.82) is 5.26 Å². The molecule has 8 heteroatoms. The third-order valence-electron chi connectivity index (χ3n) is 5.77. The van der Waals surface area contributed by atoms with Crippen molar-refractivity contribution in [1.82, 2.24) is 15.5 Å². The van der Waals surface area contributed by atoms with E-state index < -0.39 is 41.3 Å². The summed E-state index contributed by atoms with van der Waals surface area (Å²) in [5, 5.41) is 14.9. The number of nitriles is 1. The van der Waals surface area contributed by atoms with Crippen LogP contribution in [0.1, 0.15) is 57.4 Å². The Labute approximate surface area is 169 Å². The summed E-state index contributed by atoms with van der Waals surface area (Å²) >= 11 is 0. The quantitative estimate of drug-likeness (QED) is 0.687. The lowest BCUT2D eigenvalue weighted by Crippen LogP contribution is -2.50. The first-order valence-corrected chi connectivity index (χ1v) is 9.98. The van der Waals surface area contributed by atoms with Crippen molar-refractivity contribution in [2.24, 2.45) is 0 Å². The highest BCUT2D eigenvalue weighted by molar-refractivity contribution is 6.09. The number of imide groups is 1. The highest BCUT2D eigenvalue weighted by Crippen LogP contribution is 2.34. The number of hydrogen-bond acceptors (Lipinski definition) is 4. The number of amides is 4. The van der Waals surface area contributed by atoms with Gasteiger partial charge >= 0.3 is 6.03 Å². The monoisotopic (exact) mass is 400 g/mol. The van der Waals surface area contributed by atoms with Crippen LogP contribution in [0.3, 0.4) is 0 Å². The predicted octanol–water partition coefficient (Wildman–Crippen LogP) is 2.72. The molecule has 0 spiro atoms. The van der Waals surface area contributed by atoms with Gasteiger partial charge in [0.25, 0.3) is 5.91 Å². The molecule has 1 aliphatic heterocycles. The van der Waals surface area contributed by atoms with Gasteiger partial charge in [-0.05, 0) is 49.8 Å². The first kappa shape index (κ1) is 20.8. The van der Waals surface area contributed by atoms with Gasteiger partial charge in [-0.15, -0.1) is 0 Å². The minimum absolute atomic E-state index is 0.347. The Bertz CT molecular complexity index is 842.